The summed E-state index contributed by atoms with van der Waals surface area (Å²) in [6, 6.07) is 4.31. The van der Waals surface area contributed by atoms with Gasteiger partial charge in [-0.05, 0) is 24.5 Å². The molecule has 2 heterocycles. The average molecular weight is 174 g/mol. The highest BCUT2D eigenvalue weighted by Gasteiger charge is 2.06. The molecule has 0 aliphatic rings. The molecule has 2 nitrogen and oxygen atoms in total. The smallest absolute Gasteiger partial charge is 0.140 e. The Balaban J connectivity index is 2.78. The highest BCUT2D eigenvalue weighted by Crippen LogP contribution is 2.20. The maximum absolute atomic E-state index is 4.36. The summed E-state index contributed by atoms with van der Waals surface area (Å²) in [5, 5.41) is 0. The van der Waals surface area contributed by atoms with Crippen molar-refractivity contribution in [3.8, 4) is 0 Å². The summed E-state index contributed by atoms with van der Waals surface area (Å²) < 4.78 is 2.13. The zero-order valence-electron chi connectivity index (χ0n) is 8.28. The molecule has 2 aromatic heterocycles. The van der Waals surface area contributed by atoms with E-state index in [1.165, 1.54) is 11.3 Å². The van der Waals surface area contributed by atoms with Crippen LogP contribution < -0.4 is 0 Å². The molecule has 2 aromatic rings. The van der Waals surface area contributed by atoms with Gasteiger partial charge in [0.2, 0.25) is 0 Å². The number of nitrogens with zero attached hydrogens (tertiary/aromatic N) is 2. The molecule has 2 rings (SSSR count). The lowest BCUT2D eigenvalue weighted by Gasteiger charge is -2.08. The fourth-order valence-electron chi connectivity index (χ4n) is 1.62. The van der Waals surface area contributed by atoms with E-state index < -0.39 is 0 Å². The Labute approximate surface area is 78.2 Å². The van der Waals surface area contributed by atoms with Crippen LogP contribution in [0.1, 0.15) is 31.0 Å². The third-order valence-corrected chi connectivity index (χ3v) is 2.41. The van der Waals surface area contributed by atoms with Gasteiger partial charge < -0.3 is 4.40 Å². The first-order valence-electron chi connectivity index (χ1n) is 4.62. The molecular formula is C11H14N2. The zero-order valence-corrected chi connectivity index (χ0v) is 8.28. The van der Waals surface area contributed by atoms with Gasteiger partial charge in [0.25, 0.3) is 0 Å². The van der Waals surface area contributed by atoms with E-state index in [4.69, 9.17) is 0 Å². The first kappa shape index (κ1) is 8.30. The minimum Gasteiger partial charge on any atom is -0.304 e. The molecular weight excluding hydrogens is 160 g/mol. The van der Waals surface area contributed by atoms with Crippen LogP contribution in [0.5, 0.6) is 0 Å². The monoisotopic (exact) mass is 174 g/mol. The highest BCUT2D eigenvalue weighted by molar-refractivity contribution is 5.50. The molecule has 2 heteroatoms. The average Bonchev–Trinajstić information content (AvgIpc) is 2.53. The Bertz CT molecular complexity index is 427. The number of aromatic nitrogens is 2. The van der Waals surface area contributed by atoms with Gasteiger partial charge in [0, 0.05) is 18.1 Å². The minimum atomic E-state index is 0.533. The van der Waals surface area contributed by atoms with Gasteiger partial charge in [-0.2, -0.15) is 0 Å². The fraction of sp³-hybridized carbons (Fsp3) is 0.364. The summed E-state index contributed by atoms with van der Waals surface area (Å²) in [7, 11) is 0. The van der Waals surface area contributed by atoms with Crippen LogP contribution >= 0.6 is 0 Å². The van der Waals surface area contributed by atoms with Crippen LogP contribution in [-0.4, -0.2) is 9.38 Å². The SMILES string of the molecule is Cc1ccc(C(C)C)c2nccn12. The molecule has 0 spiro atoms. The number of hydrogen-bond donors (Lipinski definition) is 0. The Hall–Kier alpha value is -1.31. The predicted octanol–water partition coefficient (Wildman–Crippen LogP) is 2.77. The summed E-state index contributed by atoms with van der Waals surface area (Å²) in [5.74, 6) is 0.533. The Morgan fingerprint density at radius 1 is 1.31 bits per heavy atom. The Morgan fingerprint density at radius 3 is 2.77 bits per heavy atom. The fourth-order valence-corrected chi connectivity index (χ4v) is 1.62. The van der Waals surface area contributed by atoms with E-state index in [9.17, 15) is 0 Å². The van der Waals surface area contributed by atoms with Gasteiger partial charge in [-0.1, -0.05) is 19.9 Å². The minimum absolute atomic E-state index is 0.533. The van der Waals surface area contributed by atoms with Crippen molar-refractivity contribution in [1.82, 2.24) is 9.38 Å². The molecule has 0 bridgehead atoms. The Kier molecular flexibility index (Phi) is 1.83. The quantitative estimate of drug-likeness (QED) is 0.649. The summed E-state index contributed by atoms with van der Waals surface area (Å²) in [5.41, 5.74) is 3.64. The van der Waals surface area contributed by atoms with E-state index in [1.807, 2.05) is 12.4 Å². The molecule has 0 saturated heterocycles. The lowest BCUT2D eigenvalue weighted by Crippen LogP contribution is -1.96. The molecule has 0 aromatic carbocycles. The van der Waals surface area contributed by atoms with Gasteiger partial charge in [0.1, 0.15) is 5.65 Å². The number of hydrogen-bond acceptors (Lipinski definition) is 1. The number of rotatable bonds is 1. The molecule has 0 N–H and O–H groups in total. The molecule has 13 heavy (non-hydrogen) atoms. The predicted molar refractivity (Wildman–Crippen MR) is 54.0 cm³/mol. The topological polar surface area (TPSA) is 17.3 Å². The molecule has 0 aliphatic heterocycles. The lowest BCUT2D eigenvalue weighted by atomic mass is 10.0. The molecule has 0 unspecified atom stereocenters. The molecule has 0 radical (unpaired) electrons. The first-order valence-corrected chi connectivity index (χ1v) is 4.62. The normalized spacial score (nSPS) is 11.4. The highest BCUT2D eigenvalue weighted by atomic mass is 15.0. The summed E-state index contributed by atoms with van der Waals surface area (Å²) in [4.78, 5) is 4.36. The molecule has 0 aliphatic carbocycles. The van der Waals surface area contributed by atoms with Crippen molar-refractivity contribution in [3.63, 3.8) is 0 Å². The largest absolute Gasteiger partial charge is 0.304 e. The summed E-state index contributed by atoms with van der Waals surface area (Å²) in [6.45, 7) is 6.48. The second-order valence-corrected chi connectivity index (χ2v) is 3.71. The number of pyridine rings is 1. The van der Waals surface area contributed by atoms with E-state index in [1.54, 1.807) is 0 Å². The molecule has 68 valence electrons. The number of fused-ring (bicyclic) bond motifs is 1. The van der Waals surface area contributed by atoms with Gasteiger partial charge in [0.05, 0.1) is 0 Å². The van der Waals surface area contributed by atoms with E-state index in [0.29, 0.717) is 5.92 Å². The van der Waals surface area contributed by atoms with Crippen LogP contribution in [0.15, 0.2) is 24.5 Å². The lowest BCUT2D eigenvalue weighted by molar-refractivity contribution is 0.859. The molecule has 0 saturated carbocycles. The van der Waals surface area contributed by atoms with Crippen molar-refractivity contribution >= 4 is 5.65 Å². The second-order valence-electron chi connectivity index (χ2n) is 3.71. The van der Waals surface area contributed by atoms with Crippen LogP contribution in [0.25, 0.3) is 5.65 Å². The molecule has 0 amide bonds. The number of imidazole rings is 1. The van der Waals surface area contributed by atoms with Gasteiger partial charge >= 0.3 is 0 Å². The van der Waals surface area contributed by atoms with Crippen molar-refractivity contribution in [2.45, 2.75) is 26.7 Å². The van der Waals surface area contributed by atoms with E-state index in [-0.39, 0.29) is 0 Å². The van der Waals surface area contributed by atoms with Crippen LogP contribution in [0, 0.1) is 6.92 Å². The van der Waals surface area contributed by atoms with Crippen molar-refractivity contribution < 1.29 is 0 Å². The molecule has 0 fully saturated rings. The van der Waals surface area contributed by atoms with Crippen LogP contribution in [0.4, 0.5) is 0 Å². The van der Waals surface area contributed by atoms with Gasteiger partial charge in [-0.15, -0.1) is 0 Å². The van der Waals surface area contributed by atoms with Crippen molar-refractivity contribution in [2.75, 3.05) is 0 Å². The van der Waals surface area contributed by atoms with Crippen LogP contribution in [0.3, 0.4) is 0 Å². The van der Waals surface area contributed by atoms with Gasteiger partial charge in [0.15, 0.2) is 0 Å². The zero-order chi connectivity index (χ0) is 9.42. The summed E-state index contributed by atoms with van der Waals surface area (Å²) >= 11 is 0. The molecule has 0 atom stereocenters. The van der Waals surface area contributed by atoms with Gasteiger partial charge in [-0.3, -0.25) is 0 Å². The third kappa shape index (κ3) is 1.22. The summed E-state index contributed by atoms with van der Waals surface area (Å²) in [6.07, 6.45) is 3.87. The Morgan fingerprint density at radius 2 is 2.08 bits per heavy atom. The third-order valence-electron chi connectivity index (χ3n) is 2.41. The second kappa shape index (κ2) is 2.87. The maximum atomic E-state index is 4.36. The van der Waals surface area contributed by atoms with Crippen molar-refractivity contribution in [1.29, 1.82) is 0 Å². The maximum Gasteiger partial charge on any atom is 0.140 e. The van der Waals surface area contributed by atoms with E-state index in [0.717, 1.165) is 5.65 Å². The first-order chi connectivity index (χ1) is 6.20. The van der Waals surface area contributed by atoms with E-state index >= 15 is 0 Å². The number of aryl methyl sites for hydroxylation is 1. The standard InChI is InChI=1S/C11H14N2/c1-8(2)10-5-4-9(3)13-7-6-12-11(10)13/h4-8H,1-3H3. The van der Waals surface area contributed by atoms with Crippen molar-refractivity contribution in [3.05, 3.63) is 35.8 Å². The van der Waals surface area contributed by atoms with Crippen LogP contribution in [-0.2, 0) is 0 Å². The van der Waals surface area contributed by atoms with Gasteiger partial charge in [-0.25, -0.2) is 4.98 Å². The van der Waals surface area contributed by atoms with E-state index in [2.05, 4.69) is 42.3 Å². The van der Waals surface area contributed by atoms with Crippen LogP contribution in [0.2, 0.25) is 0 Å². The van der Waals surface area contributed by atoms with Crippen molar-refractivity contribution in [2.24, 2.45) is 0 Å².